The summed E-state index contributed by atoms with van der Waals surface area (Å²) in [5.41, 5.74) is 0.0863. The summed E-state index contributed by atoms with van der Waals surface area (Å²) < 4.78 is 36.2. The fraction of sp³-hybridized carbons (Fsp3) is 0.424. The molecule has 0 unspecified atom stereocenters. The van der Waals surface area contributed by atoms with Crippen molar-refractivity contribution in [2.45, 2.75) is 56.6 Å². The van der Waals surface area contributed by atoms with Crippen molar-refractivity contribution in [1.29, 1.82) is 0 Å². The zero-order chi connectivity index (χ0) is 31.5. The van der Waals surface area contributed by atoms with Gasteiger partial charge in [0.2, 0.25) is 0 Å². The zero-order valence-electron chi connectivity index (χ0n) is 25.0. The third-order valence-electron chi connectivity index (χ3n) is 7.92. The molecule has 0 spiro atoms. The summed E-state index contributed by atoms with van der Waals surface area (Å²) in [5.74, 6) is 0.599. The summed E-state index contributed by atoms with van der Waals surface area (Å²) in [5, 5.41) is 23.5. The molecule has 1 aliphatic heterocycles. The molecule has 2 heterocycles. The number of Topliss-reactive ketones (excluding diaryl/α,β-unsaturated/α-hetero) is 1. The number of carbonyl (C=O) groups is 2. The Balaban J connectivity index is 1.40. The first-order valence-electron chi connectivity index (χ1n) is 14.6. The van der Waals surface area contributed by atoms with Crippen molar-refractivity contribution >= 4 is 11.9 Å². The van der Waals surface area contributed by atoms with Crippen LogP contribution in [0.4, 0.5) is 9.18 Å². The van der Waals surface area contributed by atoms with Gasteiger partial charge in [-0.05, 0) is 81.6 Å². The highest BCUT2D eigenvalue weighted by atomic mass is 19.1. The van der Waals surface area contributed by atoms with E-state index in [1.807, 2.05) is 6.92 Å². The smallest absolute Gasteiger partial charge is 0.407 e. The van der Waals surface area contributed by atoms with Crippen molar-refractivity contribution in [3.05, 3.63) is 71.2 Å². The van der Waals surface area contributed by atoms with Crippen LogP contribution in [0.3, 0.4) is 0 Å². The third kappa shape index (κ3) is 6.95. The average molecular weight is 609 g/mol. The fourth-order valence-electron chi connectivity index (χ4n) is 5.04. The Bertz CT molecular complexity index is 1520. The minimum Gasteiger partial charge on any atom is -0.493 e. The van der Waals surface area contributed by atoms with Crippen molar-refractivity contribution in [1.82, 2.24) is 10.3 Å². The Morgan fingerprint density at radius 1 is 1.16 bits per heavy atom. The maximum absolute atomic E-state index is 13.8. The number of nitrogens with one attached hydrogen (secondary N) is 1. The van der Waals surface area contributed by atoms with Crippen LogP contribution in [0, 0.1) is 5.82 Å². The number of fused-ring (bicyclic) bond motifs is 1. The number of benzene rings is 2. The van der Waals surface area contributed by atoms with E-state index in [1.165, 1.54) is 19.2 Å². The summed E-state index contributed by atoms with van der Waals surface area (Å²) in [6, 6.07) is 12.5. The van der Waals surface area contributed by atoms with Crippen molar-refractivity contribution in [2.75, 3.05) is 33.5 Å². The minimum atomic E-state index is -1.54. The molecule has 0 radical (unpaired) electrons. The first-order valence-corrected chi connectivity index (χ1v) is 14.6. The van der Waals surface area contributed by atoms with Gasteiger partial charge in [-0.15, -0.1) is 0 Å². The highest BCUT2D eigenvalue weighted by Crippen LogP contribution is 2.46. The molecule has 2 atom stereocenters. The third-order valence-corrected chi connectivity index (χ3v) is 7.92. The highest BCUT2D eigenvalue weighted by molar-refractivity contribution is 5.96. The number of aromatic nitrogens is 1. The van der Waals surface area contributed by atoms with Crippen molar-refractivity contribution in [2.24, 2.45) is 0 Å². The van der Waals surface area contributed by atoms with E-state index in [9.17, 15) is 19.1 Å². The summed E-state index contributed by atoms with van der Waals surface area (Å²) >= 11 is 0. The number of aliphatic hydroxyl groups is 2. The Labute approximate surface area is 255 Å². The topological polar surface area (TPSA) is 136 Å². The second kappa shape index (κ2) is 12.8. The number of pyridine rings is 1. The lowest BCUT2D eigenvalue weighted by atomic mass is 9.82. The normalized spacial score (nSPS) is 18.5. The van der Waals surface area contributed by atoms with E-state index >= 15 is 0 Å². The maximum Gasteiger partial charge on any atom is 0.407 e. The molecule has 0 saturated heterocycles. The van der Waals surface area contributed by atoms with Gasteiger partial charge in [-0.3, -0.25) is 4.79 Å². The molecule has 1 fully saturated rings. The molecule has 1 aliphatic carbocycles. The molecular weight excluding hydrogens is 571 g/mol. The summed E-state index contributed by atoms with van der Waals surface area (Å²) in [6.07, 6.45) is 1.41. The molecule has 3 aromatic rings. The SMILES string of the molecule is COc1cc(C(=O)CC[C@](C)(O)c2cc3c(c(-c4ccc(F)cc4)n2)OC[C@]3(C)COC(=O)NC2CC2)ccc1OCCO. The molecule has 1 aromatic heterocycles. The van der Waals surface area contributed by atoms with Crippen LogP contribution in [-0.4, -0.2) is 66.7 Å². The number of alkyl carbamates (subject to hydrolysis) is 1. The molecule has 10 nitrogen and oxygen atoms in total. The van der Waals surface area contributed by atoms with Crippen LogP contribution in [0.1, 0.15) is 61.1 Å². The molecule has 234 valence electrons. The van der Waals surface area contributed by atoms with E-state index in [0.717, 1.165) is 12.8 Å². The number of rotatable bonds is 13. The quantitative estimate of drug-likeness (QED) is 0.236. The second-order valence-corrected chi connectivity index (χ2v) is 11.7. The average Bonchev–Trinajstić information content (AvgIpc) is 3.78. The van der Waals surface area contributed by atoms with Crippen molar-refractivity contribution in [3.8, 4) is 28.5 Å². The van der Waals surface area contributed by atoms with Gasteiger partial charge >= 0.3 is 6.09 Å². The number of amides is 1. The van der Waals surface area contributed by atoms with Crippen LogP contribution >= 0.6 is 0 Å². The number of ether oxygens (including phenoxy) is 4. The highest BCUT2D eigenvalue weighted by Gasteiger charge is 2.42. The first-order chi connectivity index (χ1) is 21.0. The fourth-order valence-corrected chi connectivity index (χ4v) is 5.04. The maximum atomic E-state index is 13.8. The van der Waals surface area contributed by atoms with E-state index in [0.29, 0.717) is 45.3 Å². The molecule has 11 heteroatoms. The summed E-state index contributed by atoms with van der Waals surface area (Å²) in [4.78, 5) is 30.2. The van der Waals surface area contributed by atoms with E-state index < -0.39 is 22.9 Å². The molecule has 0 bridgehead atoms. The number of aliphatic hydroxyl groups excluding tert-OH is 1. The van der Waals surface area contributed by atoms with E-state index in [2.05, 4.69) is 5.32 Å². The number of hydrogen-bond donors (Lipinski definition) is 3. The van der Waals surface area contributed by atoms with Crippen molar-refractivity contribution < 1.29 is 43.1 Å². The molecule has 3 N–H and O–H groups in total. The van der Waals surface area contributed by atoms with Crippen LogP contribution in [0.2, 0.25) is 0 Å². The number of methoxy groups -OCH3 is 1. The number of hydrogen-bond acceptors (Lipinski definition) is 9. The van der Waals surface area contributed by atoms with Gasteiger partial charge in [-0.1, -0.05) is 0 Å². The molecule has 1 amide bonds. The van der Waals surface area contributed by atoms with Gasteiger partial charge in [0, 0.05) is 29.2 Å². The zero-order valence-corrected chi connectivity index (χ0v) is 25.0. The number of nitrogens with zero attached hydrogens (tertiary/aromatic N) is 1. The Morgan fingerprint density at radius 3 is 2.59 bits per heavy atom. The monoisotopic (exact) mass is 608 g/mol. The number of halogens is 1. The van der Waals surface area contributed by atoms with E-state index in [1.54, 1.807) is 43.3 Å². The van der Waals surface area contributed by atoms with Gasteiger partial charge in [0.05, 0.1) is 24.8 Å². The van der Waals surface area contributed by atoms with Crippen LogP contribution in [-0.2, 0) is 15.8 Å². The van der Waals surface area contributed by atoms with Gasteiger partial charge in [-0.25, -0.2) is 14.2 Å². The molecule has 5 rings (SSSR count). The van der Waals surface area contributed by atoms with Crippen LogP contribution in [0.15, 0.2) is 48.5 Å². The van der Waals surface area contributed by atoms with E-state index in [4.69, 9.17) is 29.0 Å². The molecular formula is C33H37FN2O8. The lowest BCUT2D eigenvalue weighted by Crippen LogP contribution is -2.35. The van der Waals surface area contributed by atoms with Crippen LogP contribution < -0.4 is 19.5 Å². The number of ketones is 1. The van der Waals surface area contributed by atoms with Crippen LogP contribution in [0.25, 0.3) is 11.3 Å². The van der Waals surface area contributed by atoms with Gasteiger partial charge in [0.1, 0.15) is 42.7 Å². The predicted octanol–water partition coefficient (Wildman–Crippen LogP) is 4.68. The van der Waals surface area contributed by atoms with Crippen LogP contribution in [0.5, 0.6) is 17.2 Å². The molecule has 2 aliphatic rings. The molecule has 2 aromatic carbocycles. The first kappa shape index (κ1) is 31.2. The Hall–Kier alpha value is -4.22. The lowest BCUT2D eigenvalue weighted by molar-refractivity contribution is 0.0396. The lowest BCUT2D eigenvalue weighted by Gasteiger charge is -2.27. The van der Waals surface area contributed by atoms with Crippen molar-refractivity contribution in [3.63, 3.8) is 0 Å². The summed E-state index contributed by atoms with van der Waals surface area (Å²) in [7, 11) is 1.46. The standard InChI is InChI=1S/C33H37FN2O8/c1-32(19-44-31(39)35-23-9-10-23)18-43-30-24(32)17-28(36-29(30)20-4-7-22(34)8-5-20)33(2,40)13-12-25(38)21-6-11-26(42-15-14-37)27(16-21)41-3/h4-8,11,16-17,23,37,40H,9-10,12-15,18-19H2,1-3H3,(H,35,39)/t32-,33+/m1/s1. The minimum absolute atomic E-state index is 0.00411. The summed E-state index contributed by atoms with van der Waals surface area (Å²) in [6.45, 7) is 3.66. The molecule has 44 heavy (non-hydrogen) atoms. The second-order valence-electron chi connectivity index (χ2n) is 11.7. The predicted molar refractivity (Wildman–Crippen MR) is 159 cm³/mol. The van der Waals surface area contributed by atoms with E-state index in [-0.39, 0.29) is 51.1 Å². The van der Waals surface area contributed by atoms with Gasteiger partial charge in [0.25, 0.3) is 0 Å². The Morgan fingerprint density at radius 2 is 1.91 bits per heavy atom. The van der Waals surface area contributed by atoms with Gasteiger partial charge in [-0.2, -0.15) is 0 Å². The molecule has 1 saturated carbocycles. The largest absolute Gasteiger partial charge is 0.493 e. The Kier molecular flexibility index (Phi) is 9.07. The van der Waals surface area contributed by atoms with Gasteiger partial charge < -0.3 is 34.5 Å². The number of carbonyl (C=O) groups excluding carboxylic acids is 2. The van der Waals surface area contributed by atoms with Gasteiger partial charge in [0.15, 0.2) is 17.3 Å².